The van der Waals surface area contributed by atoms with Crippen LogP contribution in [0.15, 0.2) is 61.2 Å². The highest BCUT2D eigenvalue weighted by Crippen LogP contribution is 2.47. The molecule has 384 valence electrons. The van der Waals surface area contributed by atoms with Gasteiger partial charge >= 0.3 is 5.97 Å². The Morgan fingerprint density at radius 3 is 1.12 bits per heavy atom. The van der Waals surface area contributed by atoms with Crippen molar-refractivity contribution in [2.24, 2.45) is 10.8 Å². The molecular formula is C64H98O5. The van der Waals surface area contributed by atoms with Crippen LogP contribution in [-0.4, -0.2) is 21.3 Å². The Morgan fingerprint density at radius 2 is 0.783 bits per heavy atom. The summed E-state index contributed by atoms with van der Waals surface area (Å²) in [5.41, 5.74) is 13.2. The van der Waals surface area contributed by atoms with Gasteiger partial charge in [-0.15, -0.1) is 0 Å². The van der Waals surface area contributed by atoms with Crippen molar-refractivity contribution < 1.29 is 24.9 Å². The molecule has 5 heteroatoms. The summed E-state index contributed by atoms with van der Waals surface area (Å²) in [4.78, 5) is 12.1. The van der Waals surface area contributed by atoms with Gasteiger partial charge in [0.05, 0.1) is 0 Å². The molecule has 0 atom stereocenters. The van der Waals surface area contributed by atoms with Crippen LogP contribution in [0.3, 0.4) is 0 Å². The number of hydrogen-bond acceptors (Lipinski definition) is 5. The average molecular weight is 947 g/mol. The van der Waals surface area contributed by atoms with Crippen LogP contribution < -0.4 is 4.74 Å². The maximum Gasteiger partial charge on any atom is 0.335 e. The van der Waals surface area contributed by atoms with Gasteiger partial charge in [0.15, 0.2) is 0 Å². The SMILES string of the molecule is C=CC(=O)Oc1c(Cc2cc(C)cc(C(C)(C)C)c2C)cc(C)cc1C(C)(C)C.CC(C)(C)CC(C)(C)c1cc(O)c(C(C)(C)CC(C)(C)C)cc1O.Cc1cc(C(C)(C)C)c(O)c(C(C)(C)C)c1. The van der Waals surface area contributed by atoms with Crippen molar-refractivity contribution in [2.75, 3.05) is 0 Å². The molecule has 0 amide bonds. The molecule has 0 aromatic heterocycles. The van der Waals surface area contributed by atoms with Crippen molar-refractivity contribution in [1.29, 1.82) is 0 Å². The van der Waals surface area contributed by atoms with Gasteiger partial charge in [-0.3, -0.25) is 0 Å². The fourth-order valence-corrected chi connectivity index (χ4v) is 10.3. The number of phenolic OH excluding ortho intramolecular Hbond substituents is 3. The largest absolute Gasteiger partial charge is 0.508 e. The molecule has 0 saturated heterocycles. The number of carbonyl (C=O) groups excluding carboxylic acids is 1. The number of hydrogen-bond donors (Lipinski definition) is 3. The number of rotatable bonds is 8. The van der Waals surface area contributed by atoms with Gasteiger partial charge in [0.1, 0.15) is 23.0 Å². The van der Waals surface area contributed by atoms with E-state index >= 15 is 0 Å². The highest BCUT2D eigenvalue weighted by Gasteiger charge is 2.35. The van der Waals surface area contributed by atoms with Crippen molar-refractivity contribution in [3.63, 3.8) is 0 Å². The third-order valence-electron chi connectivity index (χ3n) is 12.7. The number of esters is 1. The molecule has 0 spiro atoms. The summed E-state index contributed by atoms with van der Waals surface area (Å²) in [7, 11) is 0. The molecule has 0 heterocycles. The second-order valence-electron chi connectivity index (χ2n) is 28.0. The van der Waals surface area contributed by atoms with E-state index in [1.165, 1.54) is 39.5 Å². The molecule has 4 aromatic rings. The quantitative estimate of drug-likeness (QED) is 0.0709. The van der Waals surface area contributed by atoms with Crippen LogP contribution in [0.4, 0.5) is 0 Å². The lowest BCUT2D eigenvalue weighted by Crippen LogP contribution is -2.27. The maximum absolute atomic E-state index is 12.1. The highest BCUT2D eigenvalue weighted by atomic mass is 16.5. The van der Waals surface area contributed by atoms with Gasteiger partial charge in [-0.05, 0) is 129 Å². The van der Waals surface area contributed by atoms with E-state index in [0.29, 0.717) is 23.0 Å². The van der Waals surface area contributed by atoms with Gasteiger partial charge in [-0.1, -0.05) is 212 Å². The first kappa shape index (κ1) is 60.6. The Balaban J connectivity index is 0.000000370. The molecule has 0 aliphatic rings. The zero-order valence-electron chi connectivity index (χ0n) is 48.7. The first-order valence-corrected chi connectivity index (χ1v) is 25.2. The van der Waals surface area contributed by atoms with Crippen molar-refractivity contribution in [3.8, 4) is 23.0 Å². The summed E-state index contributed by atoms with van der Waals surface area (Å²) in [6.45, 7) is 59.8. The molecular weight excluding hydrogens is 849 g/mol. The minimum atomic E-state index is -0.419. The normalized spacial score (nSPS) is 13.0. The molecule has 69 heavy (non-hydrogen) atoms. The van der Waals surface area contributed by atoms with Crippen LogP contribution in [0.1, 0.15) is 232 Å². The summed E-state index contributed by atoms with van der Waals surface area (Å²) in [5.74, 6) is 1.30. The number of carbonyl (C=O) groups is 1. The Kier molecular flexibility index (Phi) is 18.8. The molecule has 0 fully saturated rings. The Morgan fingerprint density at radius 1 is 0.464 bits per heavy atom. The van der Waals surface area contributed by atoms with Gasteiger partial charge in [0.25, 0.3) is 0 Å². The number of aromatic hydroxyl groups is 3. The van der Waals surface area contributed by atoms with Crippen LogP contribution in [0.2, 0.25) is 0 Å². The lowest BCUT2D eigenvalue weighted by molar-refractivity contribution is -0.129. The van der Waals surface area contributed by atoms with E-state index in [-0.39, 0.29) is 43.3 Å². The first-order chi connectivity index (χ1) is 30.7. The fourth-order valence-electron chi connectivity index (χ4n) is 10.3. The monoisotopic (exact) mass is 947 g/mol. The van der Waals surface area contributed by atoms with Crippen LogP contribution in [0.25, 0.3) is 0 Å². The molecule has 0 bridgehead atoms. The molecule has 0 saturated carbocycles. The van der Waals surface area contributed by atoms with E-state index in [2.05, 4.69) is 223 Å². The third kappa shape index (κ3) is 17.4. The van der Waals surface area contributed by atoms with E-state index in [0.717, 1.165) is 52.6 Å². The molecule has 0 aliphatic heterocycles. The molecule has 0 radical (unpaired) electrons. The third-order valence-corrected chi connectivity index (χ3v) is 12.7. The van der Waals surface area contributed by atoms with E-state index in [4.69, 9.17) is 4.74 Å². The van der Waals surface area contributed by atoms with Crippen molar-refractivity contribution in [1.82, 2.24) is 0 Å². The number of aryl methyl sites for hydroxylation is 3. The number of ether oxygens (including phenoxy) is 1. The standard InChI is InChI=1S/C27H36O2.C22H38O2.C15H24O/c1-11-24(28)29-25-21(13-18(3)15-23(25)27(8,9)10)16-20-12-17(2)14-22(19(20)4)26(5,6)7;1-19(2,3)13-21(7,8)15-11-18(24)16(12-17(15)23)22(9,10)14-20(4,5)6;1-10-8-11(14(2,3)4)13(16)12(9-10)15(5,6)7/h11-15H,1,16H2,2-10H3;11-12,23-24H,13-14H2,1-10H3;8-9,16H,1-7H3. The average Bonchev–Trinajstić information content (AvgIpc) is 3.12. The van der Waals surface area contributed by atoms with E-state index in [9.17, 15) is 20.1 Å². The zero-order chi connectivity index (χ0) is 54.0. The topological polar surface area (TPSA) is 87.0 Å². The predicted molar refractivity (Wildman–Crippen MR) is 297 cm³/mol. The van der Waals surface area contributed by atoms with E-state index in [1.54, 1.807) is 12.1 Å². The minimum absolute atomic E-state index is 0.0178. The number of phenols is 3. The summed E-state index contributed by atoms with van der Waals surface area (Å²) in [5, 5.41) is 31.8. The van der Waals surface area contributed by atoms with Gasteiger partial charge in [-0.2, -0.15) is 0 Å². The predicted octanol–water partition coefficient (Wildman–Crippen LogP) is 17.7. The van der Waals surface area contributed by atoms with E-state index < -0.39 is 5.97 Å². The summed E-state index contributed by atoms with van der Waals surface area (Å²) in [6, 6.07) is 16.5. The highest BCUT2D eigenvalue weighted by molar-refractivity contribution is 5.84. The molecule has 5 nitrogen and oxygen atoms in total. The van der Waals surface area contributed by atoms with Crippen LogP contribution in [0.5, 0.6) is 23.0 Å². The lowest BCUT2D eigenvalue weighted by Gasteiger charge is -2.36. The first-order valence-electron chi connectivity index (χ1n) is 25.2. The van der Waals surface area contributed by atoms with Crippen LogP contribution >= 0.6 is 0 Å². The molecule has 0 aliphatic carbocycles. The van der Waals surface area contributed by atoms with Crippen molar-refractivity contribution >= 4 is 5.97 Å². The summed E-state index contributed by atoms with van der Waals surface area (Å²) < 4.78 is 5.79. The summed E-state index contributed by atoms with van der Waals surface area (Å²) in [6.07, 6.45) is 3.81. The van der Waals surface area contributed by atoms with Gasteiger partial charge in [-0.25, -0.2) is 4.79 Å². The molecule has 3 N–H and O–H groups in total. The Hall–Kier alpha value is -4.51. The van der Waals surface area contributed by atoms with E-state index in [1.807, 2.05) is 0 Å². The second-order valence-corrected chi connectivity index (χ2v) is 28.0. The fraction of sp³-hybridized carbons (Fsp3) is 0.578. The maximum atomic E-state index is 12.1. The van der Waals surface area contributed by atoms with Gasteiger partial charge < -0.3 is 20.1 Å². The van der Waals surface area contributed by atoms with Crippen molar-refractivity contribution in [3.05, 3.63) is 128 Å². The smallest absolute Gasteiger partial charge is 0.335 e. The second kappa shape index (κ2) is 21.5. The van der Waals surface area contributed by atoms with Gasteiger partial charge in [0.2, 0.25) is 0 Å². The van der Waals surface area contributed by atoms with Crippen LogP contribution in [-0.2, 0) is 43.7 Å². The Labute approximate surface area is 422 Å². The zero-order valence-corrected chi connectivity index (χ0v) is 48.7. The lowest BCUT2D eigenvalue weighted by atomic mass is 9.69. The molecule has 4 rings (SSSR count). The number of benzene rings is 4. The van der Waals surface area contributed by atoms with Crippen LogP contribution in [0, 0.1) is 38.5 Å². The minimum Gasteiger partial charge on any atom is -0.508 e. The summed E-state index contributed by atoms with van der Waals surface area (Å²) >= 11 is 0. The molecule has 0 unspecified atom stereocenters. The Bertz CT molecular complexity index is 2340. The molecule has 4 aromatic carbocycles. The van der Waals surface area contributed by atoms with Gasteiger partial charge in [0, 0.05) is 29.2 Å². The van der Waals surface area contributed by atoms with Crippen molar-refractivity contribution in [2.45, 2.75) is 232 Å².